The van der Waals surface area contributed by atoms with Crippen molar-refractivity contribution >= 4 is 11.8 Å². The smallest absolute Gasteiger partial charge is 0.0104 e. The zero-order valence-corrected chi connectivity index (χ0v) is 8.45. The second-order valence-electron chi connectivity index (χ2n) is 3.52. The molecule has 0 atom stereocenters. The molecule has 1 heteroatoms. The third-order valence-electron chi connectivity index (χ3n) is 2.40. The number of aryl methyl sites for hydroxylation is 1. The summed E-state index contributed by atoms with van der Waals surface area (Å²) in [6.07, 6.45) is 4.96. The average molecular weight is 178 g/mol. The van der Waals surface area contributed by atoms with E-state index in [1.165, 1.54) is 23.3 Å². The van der Waals surface area contributed by atoms with E-state index in [4.69, 9.17) is 0 Å². The van der Waals surface area contributed by atoms with Crippen LogP contribution in [0.2, 0.25) is 0 Å². The zero-order valence-electron chi connectivity index (χ0n) is 7.63. The molecule has 1 aromatic rings. The minimum absolute atomic E-state index is 0.882. The first-order chi connectivity index (χ1) is 5.81. The van der Waals surface area contributed by atoms with Crippen LogP contribution in [0.4, 0.5) is 0 Å². The minimum atomic E-state index is 0.882. The molecule has 0 unspecified atom stereocenters. The molecule has 1 aliphatic carbocycles. The van der Waals surface area contributed by atoms with Crippen molar-refractivity contribution in [3.05, 3.63) is 29.3 Å². The molecule has 0 aliphatic heterocycles. The second-order valence-corrected chi connectivity index (χ2v) is 4.37. The van der Waals surface area contributed by atoms with Crippen LogP contribution < -0.4 is 0 Å². The molecule has 0 aromatic heterocycles. The quantitative estimate of drug-likeness (QED) is 0.624. The molecular weight excluding hydrogens is 164 g/mol. The van der Waals surface area contributed by atoms with Crippen LogP contribution in [-0.4, -0.2) is 6.26 Å². The first-order valence-corrected chi connectivity index (χ1v) is 5.68. The molecule has 0 heterocycles. The van der Waals surface area contributed by atoms with E-state index >= 15 is 0 Å². The summed E-state index contributed by atoms with van der Waals surface area (Å²) in [6, 6.07) is 6.81. The Labute approximate surface area is 78.4 Å². The minimum Gasteiger partial charge on any atom is -0.129 e. The fraction of sp³-hybridized carbons (Fsp3) is 0.455. The monoisotopic (exact) mass is 178 g/mol. The highest BCUT2D eigenvalue weighted by atomic mass is 32.2. The van der Waals surface area contributed by atoms with E-state index in [1.54, 1.807) is 5.56 Å². The molecule has 12 heavy (non-hydrogen) atoms. The number of thioether (sulfide) groups is 1. The maximum Gasteiger partial charge on any atom is 0.0104 e. The van der Waals surface area contributed by atoms with Crippen LogP contribution in [0.15, 0.2) is 23.1 Å². The summed E-state index contributed by atoms with van der Waals surface area (Å²) in [5.74, 6) is 0.882. The lowest BCUT2D eigenvalue weighted by Crippen LogP contribution is -1.85. The van der Waals surface area contributed by atoms with E-state index < -0.39 is 0 Å². The van der Waals surface area contributed by atoms with E-state index in [-0.39, 0.29) is 0 Å². The van der Waals surface area contributed by atoms with Gasteiger partial charge in [-0.15, -0.1) is 11.8 Å². The Hall–Kier alpha value is -0.430. The average Bonchev–Trinajstić information content (AvgIpc) is 2.87. The van der Waals surface area contributed by atoms with E-state index in [0.29, 0.717) is 0 Å². The van der Waals surface area contributed by atoms with Gasteiger partial charge < -0.3 is 0 Å². The van der Waals surface area contributed by atoms with Gasteiger partial charge in [0.25, 0.3) is 0 Å². The van der Waals surface area contributed by atoms with Crippen LogP contribution in [0.25, 0.3) is 0 Å². The van der Waals surface area contributed by atoms with Crippen molar-refractivity contribution in [2.24, 2.45) is 0 Å². The van der Waals surface area contributed by atoms with Crippen molar-refractivity contribution in [1.82, 2.24) is 0 Å². The lowest BCUT2D eigenvalue weighted by molar-refractivity contribution is 1.06. The summed E-state index contributed by atoms with van der Waals surface area (Å²) >= 11 is 1.87. The largest absolute Gasteiger partial charge is 0.129 e. The van der Waals surface area contributed by atoms with E-state index in [9.17, 15) is 0 Å². The van der Waals surface area contributed by atoms with Crippen molar-refractivity contribution in [2.45, 2.75) is 30.6 Å². The molecular formula is C11H14S. The van der Waals surface area contributed by atoms with Crippen LogP contribution in [-0.2, 0) is 0 Å². The molecule has 0 nitrogen and oxygen atoms in total. The van der Waals surface area contributed by atoms with Gasteiger partial charge in [0.05, 0.1) is 0 Å². The van der Waals surface area contributed by atoms with Gasteiger partial charge in [-0.1, -0.05) is 17.7 Å². The normalized spacial score (nSPS) is 16.5. The summed E-state index contributed by atoms with van der Waals surface area (Å²) in [5, 5.41) is 0. The number of hydrogen-bond donors (Lipinski definition) is 0. The number of rotatable bonds is 2. The van der Waals surface area contributed by atoms with Crippen LogP contribution >= 0.6 is 11.8 Å². The first kappa shape index (κ1) is 8.18. The Bertz CT molecular complexity index is 287. The lowest BCUT2D eigenvalue weighted by Gasteiger charge is -2.06. The van der Waals surface area contributed by atoms with Crippen molar-refractivity contribution in [3.8, 4) is 0 Å². The highest BCUT2D eigenvalue weighted by Gasteiger charge is 2.25. The van der Waals surface area contributed by atoms with Gasteiger partial charge in [-0.3, -0.25) is 0 Å². The highest BCUT2D eigenvalue weighted by molar-refractivity contribution is 7.98. The predicted octanol–water partition coefficient (Wildman–Crippen LogP) is 3.59. The predicted molar refractivity (Wildman–Crippen MR) is 54.9 cm³/mol. The van der Waals surface area contributed by atoms with Crippen LogP contribution in [0.1, 0.15) is 29.9 Å². The maximum atomic E-state index is 2.35. The Kier molecular flexibility index (Phi) is 2.14. The van der Waals surface area contributed by atoms with Crippen molar-refractivity contribution in [3.63, 3.8) is 0 Å². The summed E-state index contributed by atoms with van der Waals surface area (Å²) in [6.45, 7) is 2.18. The summed E-state index contributed by atoms with van der Waals surface area (Å²) in [5.41, 5.74) is 2.98. The summed E-state index contributed by atoms with van der Waals surface area (Å²) in [4.78, 5) is 1.48. The topological polar surface area (TPSA) is 0 Å². The SMILES string of the molecule is CSc1ccc(C)cc1C1CC1. The van der Waals surface area contributed by atoms with Crippen molar-refractivity contribution in [2.75, 3.05) is 6.26 Å². The van der Waals surface area contributed by atoms with Gasteiger partial charge >= 0.3 is 0 Å². The Morgan fingerprint density at radius 3 is 2.67 bits per heavy atom. The van der Waals surface area contributed by atoms with Gasteiger partial charge in [0.2, 0.25) is 0 Å². The van der Waals surface area contributed by atoms with Crippen LogP contribution in [0, 0.1) is 6.92 Å². The highest BCUT2D eigenvalue weighted by Crippen LogP contribution is 2.44. The molecule has 1 aliphatic rings. The van der Waals surface area contributed by atoms with E-state index in [1.807, 2.05) is 11.8 Å². The number of hydrogen-bond acceptors (Lipinski definition) is 1. The van der Waals surface area contributed by atoms with Gasteiger partial charge in [-0.05, 0) is 43.6 Å². The molecule has 1 saturated carbocycles. The van der Waals surface area contributed by atoms with Crippen molar-refractivity contribution < 1.29 is 0 Å². The van der Waals surface area contributed by atoms with E-state index in [0.717, 1.165) is 5.92 Å². The molecule has 0 N–H and O–H groups in total. The third-order valence-corrected chi connectivity index (χ3v) is 3.21. The Morgan fingerprint density at radius 2 is 2.08 bits per heavy atom. The Morgan fingerprint density at radius 1 is 1.33 bits per heavy atom. The molecule has 0 saturated heterocycles. The summed E-state index contributed by atoms with van der Waals surface area (Å²) < 4.78 is 0. The van der Waals surface area contributed by atoms with Gasteiger partial charge in [0.15, 0.2) is 0 Å². The second kappa shape index (κ2) is 3.14. The molecule has 0 radical (unpaired) electrons. The van der Waals surface area contributed by atoms with Gasteiger partial charge in [-0.2, -0.15) is 0 Å². The molecule has 1 aromatic carbocycles. The standard InChI is InChI=1S/C11H14S/c1-8-3-6-11(12-2)10(7-8)9-4-5-9/h3,6-7,9H,4-5H2,1-2H3. The van der Waals surface area contributed by atoms with Crippen LogP contribution in [0.3, 0.4) is 0 Å². The molecule has 0 spiro atoms. The van der Waals surface area contributed by atoms with Gasteiger partial charge in [0.1, 0.15) is 0 Å². The molecule has 0 amide bonds. The zero-order chi connectivity index (χ0) is 8.55. The fourth-order valence-electron chi connectivity index (χ4n) is 1.57. The fourth-order valence-corrected chi connectivity index (χ4v) is 2.23. The van der Waals surface area contributed by atoms with Gasteiger partial charge in [0, 0.05) is 4.90 Å². The molecule has 64 valence electrons. The van der Waals surface area contributed by atoms with Crippen LogP contribution in [0.5, 0.6) is 0 Å². The third kappa shape index (κ3) is 1.51. The molecule has 1 fully saturated rings. The first-order valence-electron chi connectivity index (χ1n) is 4.46. The molecule has 2 rings (SSSR count). The van der Waals surface area contributed by atoms with E-state index in [2.05, 4.69) is 31.4 Å². The maximum absolute atomic E-state index is 2.35. The lowest BCUT2D eigenvalue weighted by atomic mass is 10.1. The number of benzene rings is 1. The van der Waals surface area contributed by atoms with Gasteiger partial charge in [-0.25, -0.2) is 0 Å². The Balaban J connectivity index is 2.39. The summed E-state index contributed by atoms with van der Waals surface area (Å²) in [7, 11) is 0. The molecule has 0 bridgehead atoms. The van der Waals surface area contributed by atoms with Crippen molar-refractivity contribution in [1.29, 1.82) is 0 Å².